The first-order valence-electron chi connectivity index (χ1n) is 8.59. The van der Waals surface area contributed by atoms with E-state index in [0.717, 1.165) is 19.6 Å². The molecule has 0 radical (unpaired) electrons. The largest absolute Gasteiger partial charge is 0.416 e. The molecule has 1 aromatic heterocycles. The summed E-state index contributed by atoms with van der Waals surface area (Å²) in [5.74, 6) is 1.41. The van der Waals surface area contributed by atoms with Crippen molar-refractivity contribution in [2.24, 2.45) is 0 Å². The number of carbonyl (C=O) groups is 1. The molecule has 0 bridgehead atoms. The smallest absolute Gasteiger partial charge is 0.277 e. The van der Waals surface area contributed by atoms with E-state index in [1.165, 1.54) is 29.3 Å². The lowest BCUT2D eigenvalue weighted by Crippen LogP contribution is -2.34. The van der Waals surface area contributed by atoms with Crippen LogP contribution in [0.3, 0.4) is 0 Å². The summed E-state index contributed by atoms with van der Waals surface area (Å²) in [4.78, 5) is 14.3. The topological polar surface area (TPSA) is 71.3 Å². The van der Waals surface area contributed by atoms with Gasteiger partial charge in [-0.1, -0.05) is 36.0 Å². The zero-order valence-electron chi connectivity index (χ0n) is 14.7. The van der Waals surface area contributed by atoms with E-state index in [9.17, 15) is 4.79 Å². The number of thioether (sulfide) groups is 1. The zero-order valence-corrected chi connectivity index (χ0v) is 15.5. The van der Waals surface area contributed by atoms with Crippen LogP contribution in [0.4, 0.5) is 0 Å². The Morgan fingerprint density at radius 1 is 1.36 bits per heavy atom. The molecule has 1 amide bonds. The second-order valence-electron chi connectivity index (χ2n) is 6.37. The Bertz CT molecular complexity index is 719. The zero-order chi connectivity index (χ0) is 17.6. The molecule has 1 aliphatic rings. The van der Waals surface area contributed by atoms with Gasteiger partial charge in [0.25, 0.3) is 5.22 Å². The van der Waals surface area contributed by atoms with Crippen molar-refractivity contribution in [2.45, 2.75) is 31.4 Å². The average Bonchev–Trinajstić information content (AvgIpc) is 3.22. The van der Waals surface area contributed by atoms with Gasteiger partial charge in [0.1, 0.15) is 0 Å². The lowest BCUT2D eigenvalue weighted by atomic mass is 9.94. The number of nitrogens with one attached hydrogen (secondary N) is 1. The number of amides is 1. The van der Waals surface area contributed by atoms with Crippen molar-refractivity contribution in [1.29, 1.82) is 0 Å². The normalized spacial score (nSPS) is 17.8. The van der Waals surface area contributed by atoms with Crippen molar-refractivity contribution in [1.82, 2.24) is 20.4 Å². The van der Waals surface area contributed by atoms with Crippen LogP contribution in [0, 0.1) is 13.8 Å². The molecule has 0 saturated carbocycles. The highest BCUT2D eigenvalue weighted by Gasteiger charge is 2.24. The summed E-state index contributed by atoms with van der Waals surface area (Å²) >= 11 is 1.27. The van der Waals surface area contributed by atoms with E-state index in [0.29, 0.717) is 29.3 Å². The van der Waals surface area contributed by atoms with Crippen LogP contribution in [0.1, 0.15) is 29.4 Å². The van der Waals surface area contributed by atoms with E-state index in [-0.39, 0.29) is 5.91 Å². The molecular formula is C18H24N4O2S. The summed E-state index contributed by atoms with van der Waals surface area (Å²) in [6, 6.07) is 8.63. The van der Waals surface area contributed by atoms with Gasteiger partial charge in [-0.3, -0.25) is 4.79 Å². The van der Waals surface area contributed by atoms with Crippen LogP contribution in [0.5, 0.6) is 0 Å². The second-order valence-corrected chi connectivity index (χ2v) is 7.30. The van der Waals surface area contributed by atoms with Gasteiger partial charge in [0.05, 0.1) is 5.75 Å². The van der Waals surface area contributed by atoms with Crippen LogP contribution in [-0.4, -0.2) is 52.9 Å². The summed E-state index contributed by atoms with van der Waals surface area (Å²) in [7, 11) is 0. The van der Waals surface area contributed by atoms with Crippen molar-refractivity contribution in [3.8, 4) is 0 Å². The quantitative estimate of drug-likeness (QED) is 0.765. The number of hydrogen-bond acceptors (Lipinski definition) is 6. The molecule has 3 rings (SSSR count). The van der Waals surface area contributed by atoms with Gasteiger partial charge < -0.3 is 14.6 Å². The number of benzene rings is 1. The summed E-state index contributed by atoms with van der Waals surface area (Å²) < 4.78 is 5.24. The fraction of sp³-hybridized carbons (Fsp3) is 0.500. The van der Waals surface area contributed by atoms with E-state index in [2.05, 4.69) is 51.6 Å². The molecule has 0 aliphatic carbocycles. The van der Waals surface area contributed by atoms with Crippen molar-refractivity contribution >= 4 is 17.7 Å². The van der Waals surface area contributed by atoms with E-state index in [4.69, 9.17) is 4.42 Å². The van der Waals surface area contributed by atoms with Gasteiger partial charge in [0.15, 0.2) is 0 Å². The van der Waals surface area contributed by atoms with Crippen LogP contribution in [0.15, 0.2) is 33.9 Å². The fourth-order valence-corrected chi connectivity index (χ4v) is 3.84. The van der Waals surface area contributed by atoms with Gasteiger partial charge in [-0.2, -0.15) is 0 Å². The second kappa shape index (κ2) is 8.49. The number of carbonyl (C=O) groups excluding carboxylic acids is 1. The van der Waals surface area contributed by atoms with Crippen LogP contribution in [-0.2, 0) is 4.79 Å². The average molecular weight is 360 g/mol. The molecule has 1 N–H and O–H groups in total. The Balaban J connectivity index is 1.35. The third kappa shape index (κ3) is 5.06. The minimum Gasteiger partial charge on any atom is -0.416 e. The van der Waals surface area contributed by atoms with E-state index in [1.807, 2.05) is 0 Å². The Morgan fingerprint density at radius 3 is 2.96 bits per heavy atom. The van der Waals surface area contributed by atoms with Gasteiger partial charge in [-0.15, -0.1) is 10.2 Å². The molecule has 1 unspecified atom stereocenters. The molecule has 1 fully saturated rings. The monoisotopic (exact) mass is 360 g/mol. The van der Waals surface area contributed by atoms with Crippen molar-refractivity contribution in [3.05, 3.63) is 41.3 Å². The molecule has 0 spiro atoms. The maximum atomic E-state index is 11.9. The first-order valence-corrected chi connectivity index (χ1v) is 9.58. The third-order valence-electron chi connectivity index (χ3n) is 4.49. The molecule has 1 saturated heterocycles. The Morgan fingerprint density at radius 2 is 2.20 bits per heavy atom. The Hall–Kier alpha value is -1.86. The molecule has 2 heterocycles. The molecule has 25 heavy (non-hydrogen) atoms. The molecular weight excluding hydrogens is 336 g/mol. The molecule has 7 heteroatoms. The summed E-state index contributed by atoms with van der Waals surface area (Å²) in [5.41, 5.74) is 2.83. The van der Waals surface area contributed by atoms with E-state index >= 15 is 0 Å². The van der Waals surface area contributed by atoms with Gasteiger partial charge in [-0.05, 0) is 36.9 Å². The maximum absolute atomic E-state index is 11.9. The van der Waals surface area contributed by atoms with Gasteiger partial charge in [0, 0.05) is 26.6 Å². The maximum Gasteiger partial charge on any atom is 0.277 e. The molecule has 1 aliphatic heterocycles. The number of likely N-dealkylation sites (tertiary alicyclic amines) is 1. The van der Waals surface area contributed by atoms with E-state index in [1.54, 1.807) is 6.92 Å². The van der Waals surface area contributed by atoms with Crippen LogP contribution >= 0.6 is 11.8 Å². The van der Waals surface area contributed by atoms with E-state index < -0.39 is 0 Å². The number of aryl methyl sites for hydroxylation is 2. The summed E-state index contributed by atoms with van der Waals surface area (Å²) in [6.07, 6.45) is 1.19. The Labute approximate surface area is 152 Å². The number of hydrogen-bond donors (Lipinski definition) is 1. The Kier molecular flexibility index (Phi) is 6.09. The number of aromatic nitrogens is 2. The first-order chi connectivity index (χ1) is 12.1. The minimum atomic E-state index is -0.00416. The molecule has 6 nitrogen and oxygen atoms in total. The minimum absolute atomic E-state index is 0.00416. The van der Waals surface area contributed by atoms with Gasteiger partial charge in [-0.25, -0.2) is 0 Å². The lowest BCUT2D eigenvalue weighted by molar-refractivity contribution is -0.118. The molecule has 1 aromatic carbocycles. The molecule has 1 atom stereocenters. The van der Waals surface area contributed by atoms with Crippen LogP contribution in [0.25, 0.3) is 0 Å². The molecule has 2 aromatic rings. The summed E-state index contributed by atoms with van der Waals surface area (Å²) in [5, 5.41) is 11.0. The van der Waals surface area contributed by atoms with Gasteiger partial charge in [0.2, 0.25) is 11.8 Å². The molecule has 134 valence electrons. The predicted molar refractivity (Wildman–Crippen MR) is 97.7 cm³/mol. The lowest BCUT2D eigenvalue weighted by Gasteiger charge is -2.17. The van der Waals surface area contributed by atoms with Crippen molar-refractivity contribution in [2.75, 3.05) is 31.9 Å². The standard InChI is InChI=1S/C18H24N4O2S/c1-13-5-3-4-6-16(13)15-7-9-22(11-15)10-8-19-17(23)12-25-18-21-20-14(2)24-18/h3-6,15H,7-12H2,1-2H3,(H,19,23). The summed E-state index contributed by atoms with van der Waals surface area (Å²) in [6.45, 7) is 7.63. The van der Waals surface area contributed by atoms with Gasteiger partial charge >= 0.3 is 0 Å². The van der Waals surface area contributed by atoms with Crippen LogP contribution in [0.2, 0.25) is 0 Å². The first kappa shape index (κ1) is 17.9. The highest BCUT2D eigenvalue weighted by atomic mass is 32.2. The third-order valence-corrected chi connectivity index (χ3v) is 5.30. The highest BCUT2D eigenvalue weighted by molar-refractivity contribution is 7.99. The SMILES string of the molecule is Cc1nnc(SCC(=O)NCCN2CCC(c3ccccc3C)C2)o1. The highest BCUT2D eigenvalue weighted by Crippen LogP contribution is 2.28. The van der Waals surface area contributed by atoms with Crippen molar-refractivity contribution < 1.29 is 9.21 Å². The number of rotatable bonds is 7. The number of nitrogens with zero attached hydrogens (tertiary/aromatic N) is 3. The predicted octanol–water partition coefficient (Wildman–Crippen LogP) is 2.38. The van der Waals surface area contributed by atoms with Crippen molar-refractivity contribution in [3.63, 3.8) is 0 Å². The van der Waals surface area contributed by atoms with Crippen LogP contribution < -0.4 is 5.32 Å². The fourth-order valence-electron chi connectivity index (χ4n) is 3.20.